The van der Waals surface area contributed by atoms with Crippen LogP contribution in [0.5, 0.6) is 34.5 Å². The van der Waals surface area contributed by atoms with Crippen LogP contribution < -0.4 is 28.4 Å². The first-order valence-electron chi connectivity index (χ1n) is 9.44. The van der Waals surface area contributed by atoms with Crippen molar-refractivity contribution >= 4 is 0 Å². The quantitative estimate of drug-likeness (QED) is 0.750. The molecular formula is C22H26O7. The van der Waals surface area contributed by atoms with Gasteiger partial charge >= 0.3 is 0 Å². The van der Waals surface area contributed by atoms with E-state index in [0.717, 1.165) is 11.1 Å². The zero-order valence-electron chi connectivity index (χ0n) is 17.5. The van der Waals surface area contributed by atoms with E-state index in [-0.39, 0.29) is 18.6 Å². The van der Waals surface area contributed by atoms with Crippen LogP contribution in [0.15, 0.2) is 24.3 Å². The van der Waals surface area contributed by atoms with Crippen molar-refractivity contribution in [3.8, 4) is 34.5 Å². The predicted octanol–water partition coefficient (Wildman–Crippen LogP) is 3.96. The van der Waals surface area contributed by atoms with E-state index >= 15 is 0 Å². The first kappa shape index (κ1) is 19.5. The van der Waals surface area contributed by atoms with Gasteiger partial charge in [-0.1, -0.05) is 13.0 Å². The summed E-state index contributed by atoms with van der Waals surface area (Å²) in [6.45, 7) is 4.23. The lowest BCUT2D eigenvalue weighted by Crippen LogP contribution is -2.47. The number of hydrogen-bond donors (Lipinski definition) is 0. The maximum absolute atomic E-state index is 6.28. The van der Waals surface area contributed by atoms with Gasteiger partial charge in [-0.3, -0.25) is 0 Å². The summed E-state index contributed by atoms with van der Waals surface area (Å²) in [5, 5.41) is 0. The molecular weight excluding hydrogens is 376 g/mol. The van der Waals surface area contributed by atoms with Gasteiger partial charge in [-0.15, -0.1) is 0 Å². The second-order valence-electron chi connectivity index (χ2n) is 7.26. The molecule has 0 radical (unpaired) electrons. The van der Waals surface area contributed by atoms with E-state index in [0.29, 0.717) is 34.5 Å². The molecule has 0 amide bonds. The second kappa shape index (κ2) is 7.22. The van der Waals surface area contributed by atoms with E-state index in [4.69, 9.17) is 33.2 Å². The molecule has 29 heavy (non-hydrogen) atoms. The molecule has 0 saturated carbocycles. The molecule has 0 saturated heterocycles. The lowest BCUT2D eigenvalue weighted by Gasteiger charge is -2.44. The number of ether oxygens (including phenoxy) is 7. The van der Waals surface area contributed by atoms with Gasteiger partial charge in [-0.05, 0) is 12.1 Å². The second-order valence-corrected chi connectivity index (χ2v) is 7.26. The van der Waals surface area contributed by atoms with E-state index in [1.807, 2.05) is 31.2 Å². The van der Waals surface area contributed by atoms with Crippen molar-refractivity contribution in [2.24, 2.45) is 5.92 Å². The van der Waals surface area contributed by atoms with Crippen molar-refractivity contribution < 1.29 is 33.2 Å². The molecule has 2 aromatic rings. The number of rotatable bonds is 5. The van der Waals surface area contributed by atoms with Crippen molar-refractivity contribution in [3.05, 3.63) is 35.4 Å². The molecule has 7 heteroatoms. The monoisotopic (exact) mass is 402 g/mol. The Balaban J connectivity index is 1.95. The van der Waals surface area contributed by atoms with Crippen LogP contribution in [0, 0.1) is 5.92 Å². The van der Waals surface area contributed by atoms with Crippen molar-refractivity contribution in [1.29, 1.82) is 0 Å². The first-order valence-corrected chi connectivity index (χ1v) is 9.44. The molecule has 3 atom stereocenters. The van der Waals surface area contributed by atoms with Gasteiger partial charge in [-0.25, -0.2) is 0 Å². The summed E-state index contributed by atoms with van der Waals surface area (Å²) < 4.78 is 40.1. The zero-order chi connectivity index (χ0) is 20.8. The van der Waals surface area contributed by atoms with Crippen LogP contribution in [0.3, 0.4) is 0 Å². The minimum atomic E-state index is -0.844. The summed E-state index contributed by atoms with van der Waals surface area (Å²) in [5.74, 6) is 2.83. The average molecular weight is 402 g/mol. The SMILES string of the molecule is COc1ccc([C@@H]2c3cc4c(cc3O[C@@](C)(OC)[C@H]2C)OCO4)c(OC)c1OC. The van der Waals surface area contributed by atoms with Gasteiger partial charge in [0.15, 0.2) is 23.0 Å². The Labute approximate surface area is 170 Å². The molecule has 0 fully saturated rings. The molecule has 2 aliphatic heterocycles. The summed E-state index contributed by atoms with van der Waals surface area (Å²) in [7, 11) is 6.48. The fraction of sp³-hybridized carbons (Fsp3) is 0.455. The van der Waals surface area contributed by atoms with E-state index in [9.17, 15) is 0 Å². The highest BCUT2D eigenvalue weighted by Gasteiger charge is 2.47. The van der Waals surface area contributed by atoms with Gasteiger partial charge in [0.25, 0.3) is 0 Å². The highest BCUT2D eigenvalue weighted by molar-refractivity contribution is 5.62. The highest BCUT2D eigenvalue weighted by atomic mass is 16.7. The molecule has 0 aromatic heterocycles. The molecule has 2 heterocycles. The highest BCUT2D eigenvalue weighted by Crippen LogP contribution is 2.55. The molecule has 2 aromatic carbocycles. The maximum Gasteiger partial charge on any atom is 0.231 e. The Hall–Kier alpha value is -2.80. The van der Waals surface area contributed by atoms with Crippen molar-refractivity contribution in [3.63, 3.8) is 0 Å². The summed E-state index contributed by atoms with van der Waals surface area (Å²) in [4.78, 5) is 0. The summed E-state index contributed by atoms with van der Waals surface area (Å²) >= 11 is 0. The summed E-state index contributed by atoms with van der Waals surface area (Å²) in [6, 6.07) is 7.72. The molecule has 0 aliphatic carbocycles. The van der Waals surface area contributed by atoms with Crippen LogP contribution >= 0.6 is 0 Å². The minimum absolute atomic E-state index is 0.0487. The molecule has 0 unspecified atom stereocenters. The molecule has 0 bridgehead atoms. The Morgan fingerprint density at radius 3 is 2.17 bits per heavy atom. The maximum atomic E-state index is 6.28. The van der Waals surface area contributed by atoms with Crippen LogP contribution in [0.2, 0.25) is 0 Å². The normalized spacial score (nSPS) is 24.5. The Morgan fingerprint density at radius 1 is 0.862 bits per heavy atom. The van der Waals surface area contributed by atoms with Crippen LogP contribution in [0.1, 0.15) is 30.9 Å². The fourth-order valence-corrected chi connectivity index (χ4v) is 4.19. The number of benzene rings is 2. The lowest BCUT2D eigenvalue weighted by molar-refractivity contribution is -0.194. The van der Waals surface area contributed by atoms with Gasteiger partial charge in [-0.2, -0.15) is 0 Å². The van der Waals surface area contributed by atoms with Crippen LogP contribution in [0.25, 0.3) is 0 Å². The van der Waals surface area contributed by atoms with E-state index in [2.05, 4.69) is 6.92 Å². The molecule has 156 valence electrons. The Bertz CT molecular complexity index is 926. The largest absolute Gasteiger partial charge is 0.493 e. The zero-order valence-corrected chi connectivity index (χ0v) is 17.5. The number of methoxy groups -OCH3 is 4. The van der Waals surface area contributed by atoms with Gasteiger partial charge in [0, 0.05) is 43.1 Å². The van der Waals surface area contributed by atoms with Crippen molar-refractivity contribution in [2.45, 2.75) is 25.6 Å². The standard InChI is InChI=1S/C22H26O7/c1-12-19(13-7-8-15(23-3)21(25-5)20(13)24-4)14-9-17-18(28-11-27-17)10-16(14)29-22(12,2)26-6/h7-10,12,19H,11H2,1-6H3/t12-,19+,22+/m0/s1. The summed E-state index contributed by atoms with van der Waals surface area (Å²) in [5.41, 5.74) is 1.92. The number of hydrogen-bond acceptors (Lipinski definition) is 7. The van der Waals surface area contributed by atoms with Crippen LogP contribution in [-0.2, 0) is 4.74 Å². The van der Waals surface area contributed by atoms with Crippen molar-refractivity contribution in [2.75, 3.05) is 35.2 Å². The fourth-order valence-electron chi connectivity index (χ4n) is 4.19. The molecule has 7 nitrogen and oxygen atoms in total. The average Bonchev–Trinajstić information content (AvgIpc) is 3.19. The Morgan fingerprint density at radius 2 is 1.55 bits per heavy atom. The molecule has 2 aliphatic rings. The van der Waals surface area contributed by atoms with Crippen molar-refractivity contribution in [1.82, 2.24) is 0 Å². The lowest BCUT2D eigenvalue weighted by atomic mass is 9.75. The Kier molecular flexibility index (Phi) is 4.86. The van der Waals surface area contributed by atoms with Crippen LogP contribution in [0.4, 0.5) is 0 Å². The number of fused-ring (bicyclic) bond motifs is 2. The van der Waals surface area contributed by atoms with E-state index < -0.39 is 5.79 Å². The third kappa shape index (κ3) is 2.92. The van der Waals surface area contributed by atoms with Gasteiger partial charge < -0.3 is 33.2 Å². The predicted molar refractivity (Wildman–Crippen MR) is 106 cm³/mol. The van der Waals surface area contributed by atoms with Crippen LogP contribution in [-0.4, -0.2) is 41.0 Å². The van der Waals surface area contributed by atoms with E-state index in [1.165, 1.54) is 0 Å². The topological polar surface area (TPSA) is 64.6 Å². The summed E-state index contributed by atoms with van der Waals surface area (Å²) in [6.07, 6.45) is 0. The third-order valence-corrected chi connectivity index (χ3v) is 5.95. The molecule has 0 spiro atoms. The minimum Gasteiger partial charge on any atom is -0.493 e. The van der Waals surface area contributed by atoms with Gasteiger partial charge in [0.2, 0.25) is 18.3 Å². The molecule has 0 N–H and O–H groups in total. The molecule has 4 rings (SSSR count). The first-order chi connectivity index (χ1) is 14.0. The van der Waals surface area contributed by atoms with E-state index in [1.54, 1.807) is 28.4 Å². The third-order valence-electron chi connectivity index (χ3n) is 5.95. The van der Waals surface area contributed by atoms with Gasteiger partial charge in [0.1, 0.15) is 5.75 Å². The van der Waals surface area contributed by atoms with Gasteiger partial charge in [0.05, 0.1) is 21.3 Å². The smallest absolute Gasteiger partial charge is 0.231 e.